The molecular formula is C56H84O16P4. The van der Waals surface area contributed by atoms with Crippen molar-refractivity contribution in [1.82, 2.24) is 0 Å². The van der Waals surface area contributed by atoms with E-state index in [4.69, 9.17) is 55.1 Å². The lowest BCUT2D eigenvalue weighted by Gasteiger charge is -2.27. The molecule has 0 amide bonds. The molecule has 4 aromatic carbocycles. The van der Waals surface area contributed by atoms with E-state index in [1.807, 2.05) is 27.7 Å². The Bertz CT molecular complexity index is 2230. The Morgan fingerprint density at radius 3 is 0.539 bits per heavy atom. The Morgan fingerprint density at radius 1 is 0.276 bits per heavy atom. The highest BCUT2D eigenvalue weighted by Gasteiger charge is 2.36. The molecule has 1 aliphatic rings. The molecule has 0 heterocycles. The summed E-state index contributed by atoms with van der Waals surface area (Å²) in [5.74, 6) is 2.01. The number of fused-ring (bicyclic) bond motifs is 8. The molecule has 16 nitrogen and oxygen atoms in total. The van der Waals surface area contributed by atoms with Gasteiger partial charge in [-0.15, -0.1) is 0 Å². The van der Waals surface area contributed by atoms with Crippen LogP contribution < -0.4 is 40.2 Å². The van der Waals surface area contributed by atoms with Gasteiger partial charge in [0, 0.05) is 25.7 Å². The van der Waals surface area contributed by atoms with Crippen LogP contribution in [0.15, 0.2) is 48.5 Å². The average Bonchev–Trinajstić information content (AvgIpc) is 3.37. The number of benzene rings is 4. The Hall–Kier alpha value is -3.32. The van der Waals surface area contributed by atoms with Crippen LogP contribution >= 0.6 is 30.4 Å². The fourth-order valence-electron chi connectivity index (χ4n) is 9.11. The first-order valence-electron chi connectivity index (χ1n) is 27.3. The van der Waals surface area contributed by atoms with Gasteiger partial charge < -0.3 is 55.1 Å². The third kappa shape index (κ3) is 15.5. The minimum atomic E-state index is -4.00. The molecule has 0 aliphatic heterocycles. The van der Waals surface area contributed by atoms with Crippen LogP contribution in [0.5, 0.6) is 23.0 Å². The van der Waals surface area contributed by atoms with Gasteiger partial charge in [-0.1, -0.05) is 27.7 Å². The molecule has 0 saturated heterocycles. The van der Waals surface area contributed by atoms with Crippen LogP contribution in [0.2, 0.25) is 0 Å². The molecule has 5 rings (SSSR count). The first-order valence-corrected chi connectivity index (χ1v) is 33.5. The fraction of sp³-hybridized carbons (Fsp3) is 0.571. The molecule has 0 fully saturated rings. The molecule has 8 bridgehead atoms. The molecule has 0 atom stereocenters. The van der Waals surface area contributed by atoms with E-state index in [0.29, 0.717) is 141 Å². The minimum Gasteiger partial charge on any atom is -0.493 e. The summed E-state index contributed by atoms with van der Waals surface area (Å²) in [6.07, 6.45) is 3.02. The number of hydrogen-bond donors (Lipinski definition) is 0. The maximum atomic E-state index is 15.1. The molecule has 0 unspecified atom stereocenters. The van der Waals surface area contributed by atoms with Gasteiger partial charge in [0.2, 0.25) is 0 Å². The predicted molar refractivity (Wildman–Crippen MR) is 302 cm³/mol. The van der Waals surface area contributed by atoms with Gasteiger partial charge >= 0.3 is 30.4 Å². The zero-order chi connectivity index (χ0) is 55.5. The molecule has 0 spiro atoms. The first kappa shape index (κ1) is 63.5. The summed E-state index contributed by atoms with van der Waals surface area (Å²) >= 11 is 0. The zero-order valence-corrected chi connectivity index (χ0v) is 50.7. The molecule has 0 saturated carbocycles. The standard InChI is InChI=1S/C56H84O16P4/c1-13-25-61-53-41-29-43-35-50(74(58,67-19-7)68-20-8)37-45(54(43)62-26-14-2)31-47-39-52(76(60,71-23-11)72-24-12)40-48(56(47)64-28-16-4)32-46-38-51(75(59,69-21-9)70-22-10)36-44(55(46)63-27-15-3)30-42(53)34-49(33-41)73(57,65-17-5)66-18-6/h33-40H,13-32H2,1-12H3. The van der Waals surface area contributed by atoms with Gasteiger partial charge in [0.15, 0.2) is 0 Å². The molecule has 1 aliphatic carbocycles. The molecule has 0 aromatic heterocycles. The summed E-state index contributed by atoms with van der Waals surface area (Å²) in [5.41, 5.74) is 4.83. The second kappa shape index (κ2) is 30.3. The second-order valence-electron chi connectivity index (χ2n) is 17.8. The third-order valence-corrected chi connectivity index (χ3v) is 20.2. The van der Waals surface area contributed by atoms with Crippen LogP contribution in [-0.4, -0.2) is 79.3 Å². The van der Waals surface area contributed by atoms with Crippen molar-refractivity contribution in [2.24, 2.45) is 0 Å². The smallest absolute Gasteiger partial charge is 0.361 e. The van der Waals surface area contributed by atoms with Crippen LogP contribution in [0.4, 0.5) is 0 Å². The summed E-state index contributed by atoms with van der Waals surface area (Å²) in [7, 11) is -16.0. The van der Waals surface area contributed by atoms with E-state index in [-0.39, 0.29) is 78.5 Å². The first-order chi connectivity index (χ1) is 36.6. The van der Waals surface area contributed by atoms with Crippen LogP contribution in [0, 0.1) is 0 Å². The third-order valence-electron chi connectivity index (χ3n) is 11.9. The summed E-state index contributed by atoms with van der Waals surface area (Å²) in [5, 5.41) is 1.18. The fourth-order valence-corrected chi connectivity index (χ4v) is 15.8. The van der Waals surface area contributed by atoms with Crippen molar-refractivity contribution < 1.29 is 73.4 Å². The Labute approximate surface area is 452 Å². The van der Waals surface area contributed by atoms with Crippen LogP contribution in [0.25, 0.3) is 0 Å². The highest BCUT2D eigenvalue weighted by molar-refractivity contribution is 7.63. The van der Waals surface area contributed by atoms with Crippen molar-refractivity contribution in [1.29, 1.82) is 0 Å². The highest BCUT2D eigenvalue weighted by atomic mass is 31.2. The predicted octanol–water partition coefficient (Wildman–Crippen LogP) is 13.1. The molecular weight excluding hydrogens is 1050 g/mol. The Morgan fingerprint density at radius 2 is 0.421 bits per heavy atom. The summed E-state index contributed by atoms with van der Waals surface area (Å²) in [6, 6.07) is 14.4. The van der Waals surface area contributed by atoms with Gasteiger partial charge in [-0.05, 0) is 174 Å². The van der Waals surface area contributed by atoms with Crippen LogP contribution in [0.3, 0.4) is 0 Å². The van der Waals surface area contributed by atoms with E-state index >= 15 is 18.3 Å². The van der Waals surface area contributed by atoms with E-state index in [9.17, 15) is 0 Å². The Kier molecular flexibility index (Phi) is 25.3. The van der Waals surface area contributed by atoms with Crippen molar-refractivity contribution in [3.63, 3.8) is 0 Å². The van der Waals surface area contributed by atoms with E-state index in [2.05, 4.69) is 0 Å². The lowest BCUT2D eigenvalue weighted by Crippen LogP contribution is -2.20. The average molecular weight is 1140 g/mol. The molecule has 0 N–H and O–H groups in total. The second-order valence-corrected chi connectivity index (χ2v) is 25.9. The van der Waals surface area contributed by atoms with E-state index in [0.717, 1.165) is 0 Å². The van der Waals surface area contributed by atoms with Gasteiger partial charge in [-0.3, -0.25) is 18.3 Å². The molecule has 0 radical (unpaired) electrons. The number of rotatable bonds is 32. The maximum absolute atomic E-state index is 15.1. The zero-order valence-electron chi connectivity index (χ0n) is 47.1. The normalized spacial score (nSPS) is 13.2. The summed E-state index contributed by atoms with van der Waals surface area (Å²) < 4.78 is 136. The van der Waals surface area contributed by atoms with Crippen molar-refractivity contribution >= 4 is 51.6 Å². The summed E-state index contributed by atoms with van der Waals surface area (Å²) in [6.45, 7) is 24.2. The SMILES string of the molecule is CCCOc1c2cc(P(=O)(OCC)OCC)cc1Cc1cc(P(=O)(OCC)OCC)cc(c1OCCC)Cc1cc(P(=O)(OCC)OCC)cc(c1OCCC)Cc1cc(P(=O)(OCC)OCC)cc(c1OCCC)C2. The molecule has 20 heteroatoms. The highest BCUT2D eigenvalue weighted by Crippen LogP contribution is 2.53. The monoisotopic (exact) mass is 1140 g/mol. The van der Waals surface area contributed by atoms with Crippen molar-refractivity contribution in [2.75, 3.05) is 79.3 Å². The van der Waals surface area contributed by atoms with Crippen molar-refractivity contribution in [3.05, 3.63) is 93.0 Å². The summed E-state index contributed by atoms with van der Waals surface area (Å²) in [4.78, 5) is 0. The van der Waals surface area contributed by atoms with Crippen LogP contribution in [0.1, 0.15) is 153 Å². The molecule has 76 heavy (non-hydrogen) atoms. The van der Waals surface area contributed by atoms with E-state index < -0.39 is 30.4 Å². The van der Waals surface area contributed by atoms with E-state index in [1.165, 1.54) is 0 Å². The lowest BCUT2D eigenvalue weighted by atomic mass is 9.91. The van der Waals surface area contributed by atoms with Gasteiger partial charge in [0.05, 0.1) is 101 Å². The van der Waals surface area contributed by atoms with Crippen LogP contribution in [-0.2, 0) is 80.1 Å². The maximum Gasteiger partial charge on any atom is 0.361 e. The molecule has 424 valence electrons. The lowest BCUT2D eigenvalue weighted by molar-refractivity contribution is 0.229. The molecule has 4 aromatic rings. The van der Waals surface area contributed by atoms with E-state index in [1.54, 1.807) is 104 Å². The number of ether oxygens (including phenoxy) is 4. The topological polar surface area (TPSA) is 179 Å². The Balaban J connectivity index is 2.15. The van der Waals surface area contributed by atoms with Gasteiger partial charge in [-0.25, -0.2) is 0 Å². The largest absolute Gasteiger partial charge is 0.493 e. The number of hydrogen-bond acceptors (Lipinski definition) is 16. The minimum absolute atomic E-state index is 0.0962. The van der Waals surface area contributed by atoms with Gasteiger partial charge in [0.1, 0.15) is 23.0 Å². The van der Waals surface area contributed by atoms with Crippen molar-refractivity contribution in [2.45, 2.75) is 134 Å². The van der Waals surface area contributed by atoms with Crippen molar-refractivity contribution in [3.8, 4) is 23.0 Å². The van der Waals surface area contributed by atoms with Gasteiger partial charge in [-0.2, -0.15) is 0 Å². The van der Waals surface area contributed by atoms with Gasteiger partial charge in [0.25, 0.3) is 0 Å². The quantitative estimate of drug-likeness (QED) is 0.0371.